The zero-order chi connectivity index (χ0) is 11.4. The van der Waals surface area contributed by atoms with Crippen LogP contribution in [0.25, 0.3) is 0 Å². The van der Waals surface area contributed by atoms with Gasteiger partial charge in [-0.25, -0.2) is 5.11 Å². The summed E-state index contributed by atoms with van der Waals surface area (Å²) < 4.78 is 15.5. The summed E-state index contributed by atoms with van der Waals surface area (Å²) in [5, 5.41) is 10.5. The third-order valence-electron chi connectivity index (χ3n) is 2.16. The summed E-state index contributed by atoms with van der Waals surface area (Å²) in [6.07, 6.45) is 2.66. The topological polar surface area (TPSA) is 47.6 Å². The summed E-state index contributed by atoms with van der Waals surface area (Å²) in [4.78, 5) is 0. The fourth-order valence-electron chi connectivity index (χ4n) is 1.21. The third kappa shape index (κ3) is 10.1. The van der Waals surface area contributed by atoms with Crippen LogP contribution in [0.2, 0.25) is 0 Å². The van der Waals surface area contributed by atoms with E-state index in [0.717, 1.165) is 32.5 Å². The molecule has 1 unspecified atom stereocenters. The Balaban J connectivity index is 3.04. The van der Waals surface area contributed by atoms with Gasteiger partial charge in [0.1, 0.15) is 6.61 Å². The molecule has 15 heavy (non-hydrogen) atoms. The zero-order valence-corrected chi connectivity index (χ0v) is 9.87. The molecular formula is C11H23O4. The van der Waals surface area contributed by atoms with Crippen LogP contribution in [0.15, 0.2) is 0 Å². The first kappa shape index (κ1) is 14.8. The molecular weight excluding hydrogens is 196 g/mol. The second-order valence-corrected chi connectivity index (χ2v) is 3.33. The second kappa shape index (κ2) is 11.9. The molecule has 4 heteroatoms. The van der Waals surface area contributed by atoms with E-state index in [0.29, 0.717) is 13.2 Å². The number of unbranched alkanes of at least 4 members (excludes halogenated alkanes) is 1. The van der Waals surface area contributed by atoms with Crippen LogP contribution >= 0.6 is 0 Å². The zero-order valence-electron chi connectivity index (χ0n) is 9.87. The van der Waals surface area contributed by atoms with Crippen LogP contribution in [0.5, 0.6) is 0 Å². The summed E-state index contributed by atoms with van der Waals surface area (Å²) in [6.45, 7) is 4.61. The van der Waals surface area contributed by atoms with Gasteiger partial charge in [0.15, 0.2) is 0 Å². The minimum Gasteiger partial charge on any atom is -0.379 e. The lowest BCUT2D eigenvalue weighted by Gasteiger charge is -2.10. The van der Waals surface area contributed by atoms with Crippen molar-refractivity contribution in [1.82, 2.24) is 0 Å². The Kier molecular flexibility index (Phi) is 11.8. The molecule has 0 aliphatic rings. The van der Waals surface area contributed by atoms with E-state index in [1.807, 2.05) is 6.92 Å². The number of methoxy groups -OCH3 is 1. The van der Waals surface area contributed by atoms with Crippen molar-refractivity contribution in [2.45, 2.75) is 32.3 Å². The molecule has 0 aliphatic carbocycles. The highest BCUT2D eigenvalue weighted by atomic mass is 16.5. The molecule has 0 fully saturated rings. The number of rotatable bonds is 11. The van der Waals surface area contributed by atoms with Crippen LogP contribution in [-0.2, 0) is 19.3 Å². The number of hydrogen-bond acceptors (Lipinski definition) is 3. The predicted octanol–water partition coefficient (Wildman–Crippen LogP) is 1.66. The van der Waals surface area contributed by atoms with Crippen molar-refractivity contribution in [2.75, 3.05) is 40.1 Å². The molecule has 91 valence electrons. The molecule has 0 saturated carbocycles. The molecule has 0 N–H and O–H groups in total. The van der Waals surface area contributed by atoms with E-state index in [9.17, 15) is 5.11 Å². The van der Waals surface area contributed by atoms with E-state index < -0.39 is 0 Å². The number of ether oxygens (including phenoxy) is 3. The molecule has 0 aromatic rings. The van der Waals surface area contributed by atoms with E-state index in [4.69, 9.17) is 14.2 Å². The summed E-state index contributed by atoms with van der Waals surface area (Å²) >= 11 is 0. The first-order valence-corrected chi connectivity index (χ1v) is 5.61. The average molecular weight is 219 g/mol. The van der Waals surface area contributed by atoms with Crippen molar-refractivity contribution in [3.05, 3.63) is 0 Å². The van der Waals surface area contributed by atoms with E-state index in [1.54, 1.807) is 7.11 Å². The molecule has 0 heterocycles. The molecule has 4 nitrogen and oxygen atoms in total. The maximum Gasteiger partial charge on any atom is 0.108 e. The van der Waals surface area contributed by atoms with Gasteiger partial charge in [0.2, 0.25) is 0 Å². The van der Waals surface area contributed by atoms with Gasteiger partial charge in [0.25, 0.3) is 0 Å². The predicted molar refractivity (Wildman–Crippen MR) is 57.5 cm³/mol. The van der Waals surface area contributed by atoms with Gasteiger partial charge in [-0.15, -0.1) is 0 Å². The van der Waals surface area contributed by atoms with Crippen LogP contribution in [-0.4, -0.2) is 46.2 Å². The highest BCUT2D eigenvalue weighted by Crippen LogP contribution is 2.03. The highest BCUT2D eigenvalue weighted by Gasteiger charge is 2.04. The van der Waals surface area contributed by atoms with Crippen LogP contribution in [0.3, 0.4) is 0 Å². The Hall–Kier alpha value is -0.160. The van der Waals surface area contributed by atoms with E-state index in [2.05, 4.69) is 0 Å². The Morgan fingerprint density at radius 3 is 2.40 bits per heavy atom. The van der Waals surface area contributed by atoms with Gasteiger partial charge in [-0.1, -0.05) is 0 Å². The van der Waals surface area contributed by atoms with Gasteiger partial charge in [0.05, 0.1) is 19.3 Å². The Morgan fingerprint density at radius 1 is 1.07 bits per heavy atom. The van der Waals surface area contributed by atoms with Crippen LogP contribution in [0.4, 0.5) is 0 Å². The maximum atomic E-state index is 10.5. The van der Waals surface area contributed by atoms with Crippen molar-refractivity contribution < 1.29 is 19.3 Å². The number of hydrogen-bond donors (Lipinski definition) is 0. The minimum absolute atomic E-state index is 0.131. The molecule has 1 atom stereocenters. The van der Waals surface area contributed by atoms with Gasteiger partial charge in [-0.2, -0.15) is 0 Å². The molecule has 1 radical (unpaired) electrons. The standard InChI is InChI=1S/C11H23O4/c1-3-14-8-9-15-7-5-4-6-11(10-12)13-2/h11H,3-10H2,1-2H3. The fourth-order valence-corrected chi connectivity index (χ4v) is 1.21. The fraction of sp³-hybridized carbons (Fsp3) is 1.00. The molecule has 0 aromatic carbocycles. The van der Waals surface area contributed by atoms with Crippen molar-refractivity contribution in [3.63, 3.8) is 0 Å². The molecule has 0 aliphatic heterocycles. The average Bonchev–Trinajstić information content (AvgIpc) is 2.27. The lowest BCUT2D eigenvalue weighted by atomic mass is 10.2. The first-order valence-electron chi connectivity index (χ1n) is 5.61. The van der Waals surface area contributed by atoms with Crippen LogP contribution < -0.4 is 0 Å². The summed E-state index contributed by atoms with van der Waals surface area (Å²) in [5.74, 6) is 0. The smallest absolute Gasteiger partial charge is 0.108 e. The van der Waals surface area contributed by atoms with E-state index in [-0.39, 0.29) is 12.7 Å². The van der Waals surface area contributed by atoms with Crippen molar-refractivity contribution >= 4 is 0 Å². The molecule has 0 bridgehead atoms. The SMILES string of the molecule is CCOCCOCCCCC(C[O])OC. The minimum atomic E-state index is -0.151. The monoisotopic (exact) mass is 219 g/mol. The summed E-state index contributed by atoms with van der Waals surface area (Å²) in [6, 6.07) is 0. The van der Waals surface area contributed by atoms with Crippen molar-refractivity contribution in [1.29, 1.82) is 0 Å². The van der Waals surface area contributed by atoms with Gasteiger partial charge in [-0.05, 0) is 26.2 Å². The third-order valence-corrected chi connectivity index (χ3v) is 2.16. The Labute approximate surface area is 92.5 Å². The van der Waals surface area contributed by atoms with Gasteiger partial charge in [0, 0.05) is 20.3 Å². The molecule has 0 aromatic heterocycles. The summed E-state index contributed by atoms with van der Waals surface area (Å²) in [5.41, 5.74) is 0. The van der Waals surface area contributed by atoms with E-state index >= 15 is 0 Å². The molecule has 0 amide bonds. The lowest BCUT2D eigenvalue weighted by Crippen LogP contribution is -2.14. The quantitative estimate of drug-likeness (QED) is 0.496. The van der Waals surface area contributed by atoms with Crippen LogP contribution in [0, 0.1) is 0 Å². The first-order chi connectivity index (χ1) is 7.35. The van der Waals surface area contributed by atoms with Gasteiger partial charge < -0.3 is 14.2 Å². The van der Waals surface area contributed by atoms with Gasteiger partial charge in [-0.3, -0.25) is 0 Å². The van der Waals surface area contributed by atoms with Crippen molar-refractivity contribution in [3.8, 4) is 0 Å². The van der Waals surface area contributed by atoms with Gasteiger partial charge >= 0.3 is 0 Å². The Bertz CT molecular complexity index is 115. The summed E-state index contributed by atoms with van der Waals surface area (Å²) in [7, 11) is 1.58. The molecule has 0 spiro atoms. The van der Waals surface area contributed by atoms with Crippen LogP contribution in [0.1, 0.15) is 26.2 Å². The highest BCUT2D eigenvalue weighted by molar-refractivity contribution is 4.54. The lowest BCUT2D eigenvalue weighted by molar-refractivity contribution is 0.0116. The molecule has 0 rings (SSSR count). The maximum absolute atomic E-state index is 10.5. The Morgan fingerprint density at radius 2 is 1.80 bits per heavy atom. The normalized spacial score (nSPS) is 13.0. The molecule has 0 saturated heterocycles. The van der Waals surface area contributed by atoms with E-state index in [1.165, 1.54) is 0 Å². The second-order valence-electron chi connectivity index (χ2n) is 3.33. The van der Waals surface area contributed by atoms with Crippen molar-refractivity contribution in [2.24, 2.45) is 0 Å². The largest absolute Gasteiger partial charge is 0.379 e.